The van der Waals surface area contributed by atoms with Crippen LogP contribution in [0.2, 0.25) is 0 Å². The number of amides is 1. The van der Waals surface area contributed by atoms with Crippen molar-refractivity contribution in [1.82, 2.24) is 14.9 Å². The fourth-order valence-electron chi connectivity index (χ4n) is 4.85. The Morgan fingerprint density at radius 2 is 1.69 bits per heavy atom. The van der Waals surface area contributed by atoms with Gasteiger partial charge in [-0.05, 0) is 37.6 Å². The second-order valence-electron chi connectivity index (χ2n) is 9.65. The zero-order chi connectivity index (χ0) is 27.5. The third-order valence-corrected chi connectivity index (χ3v) is 7.02. The Bertz CT molecular complexity index is 1540. The highest BCUT2D eigenvalue weighted by Gasteiger charge is 2.27. The molecule has 0 atom stereocenters. The molecule has 198 valence electrons. The third-order valence-electron chi connectivity index (χ3n) is 7.02. The predicted molar refractivity (Wildman–Crippen MR) is 147 cm³/mol. The van der Waals surface area contributed by atoms with E-state index in [9.17, 15) is 19.3 Å². The van der Waals surface area contributed by atoms with Crippen LogP contribution in [0.5, 0.6) is 0 Å². The van der Waals surface area contributed by atoms with Crippen molar-refractivity contribution in [3.63, 3.8) is 0 Å². The fraction of sp³-hybridized carbons (Fsp3) is 0.233. The summed E-state index contributed by atoms with van der Waals surface area (Å²) in [6.07, 6.45) is 0.637. The van der Waals surface area contributed by atoms with Gasteiger partial charge in [-0.2, -0.15) is 0 Å². The number of nitro benzene ring substituents is 1. The van der Waals surface area contributed by atoms with Gasteiger partial charge in [-0.3, -0.25) is 14.9 Å². The second kappa shape index (κ2) is 11.0. The van der Waals surface area contributed by atoms with Crippen LogP contribution in [0.15, 0.2) is 72.8 Å². The molecule has 1 amide bonds. The van der Waals surface area contributed by atoms with E-state index in [1.165, 1.54) is 18.2 Å². The zero-order valence-electron chi connectivity index (χ0n) is 21.8. The van der Waals surface area contributed by atoms with Gasteiger partial charge in [0.15, 0.2) is 5.82 Å². The first-order valence-electron chi connectivity index (χ1n) is 12.8. The highest BCUT2D eigenvalue weighted by molar-refractivity contribution is 5.95. The average molecular weight is 526 g/mol. The van der Waals surface area contributed by atoms with E-state index in [0.717, 1.165) is 22.6 Å². The monoisotopic (exact) mass is 525 g/mol. The highest BCUT2D eigenvalue weighted by Crippen LogP contribution is 2.29. The van der Waals surface area contributed by atoms with Crippen LogP contribution in [0.1, 0.15) is 32.7 Å². The molecule has 0 spiro atoms. The molecule has 1 aliphatic rings. The summed E-state index contributed by atoms with van der Waals surface area (Å²) in [7, 11) is 0. The molecule has 1 aromatic heterocycles. The Morgan fingerprint density at radius 1 is 0.949 bits per heavy atom. The molecule has 1 saturated heterocycles. The summed E-state index contributed by atoms with van der Waals surface area (Å²) in [5.74, 6) is 0.627. The van der Waals surface area contributed by atoms with Gasteiger partial charge in [-0.25, -0.2) is 14.4 Å². The summed E-state index contributed by atoms with van der Waals surface area (Å²) < 4.78 is 14.0. The Labute approximate surface area is 225 Å². The number of piperazine rings is 1. The molecule has 39 heavy (non-hydrogen) atoms. The van der Waals surface area contributed by atoms with E-state index in [4.69, 9.17) is 9.97 Å². The van der Waals surface area contributed by atoms with Crippen LogP contribution < -0.4 is 4.90 Å². The Hall–Kier alpha value is -4.66. The van der Waals surface area contributed by atoms with Gasteiger partial charge in [0, 0.05) is 66.6 Å². The minimum absolute atomic E-state index is 0.0635. The average Bonchev–Trinajstić information content (AvgIpc) is 2.94. The number of carbonyl (C=O) groups excluding carboxylic acids is 1. The normalized spacial score (nSPS) is 13.4. The van der Waals surface area contributed by atoms with Crippen LogP contribution in [0.4, 0.5) is 15.9 Å². The first-order valence-corrected chi connectivity index (χ1v) is 12.8. The summed E-state index contributed by atoms with van der Waals surface area (Å²) in [4.78, 5) is 37.5. The number of halogens is 1. The van der Waals surface area contributed by atoms with E-state index in [-0.39, 0.29) is 17.4 Å². The summed E-state index contributed by atoms with van der Waals surface area (Å²) in [5, 5.41) is 11.4. The number of aromatic nitrogens is 2. The van der Waals surface area contributed by atoms with Crippen molar-refractivity contribution in [3.05, 3.63) is 117 Å². The lowest BCUT2D eigenvalue weighted by Crippen LogP contribution is -2.49. The fourth-order valence-corrected chi connectivity index (χ4v) is 4.85. The molecule has 0 N–H and O–H groups in total. The Kier molecular flexibility index (Phi) is 7.31. The smallest absolute Gasteiger partial charge is 0.273 e. The maximum absolute atomic E-state index is 14.0. The van der Waals surface area contributed by atoms with Crippen molar-refractivity contribution in [2.45, 2.75) is 20.3 Å². The van der Waals surface area contributed by atoms with E-state index in [1.807, 2.05) is 25.1 Å². The van der Waals surface area contributed by atoms with Crippen molar-refractivity contribution in [3.8, 4) is 11.4 Å². The molecule has 9 heteroatoms. The molecule has 8 nitrogen and oxygen atoms in total. The lowest BCUT2D eigenvalue weighted by molar-refractivity contribution is -0.385. The number of carbonyl (C=O) groups is 1. The lowest BCUT2D eigenvalue weighted by Gasteiger charge is -2.36. The standard InChI is InChI=1S/C30H28FN5O3/c1-20-11-12-24(19-27(20)36(38)39)30(37)35-15-13-34(14-16-35)29-26(17-22-7-4-3-5-8-22)21(2)32-28(33-29)23-9-6-10-25(31)18-23/h3-12,18-19H,13-17H2,1-2H3. The van der Waals surface area contributed by atoms with Gasteiger partial charge in [0.2, 0.25) is 0 Å². The molecule has 0 radical (unpaired) electrons. The molecule has 1 fully saturated rings. The van der Waals surface area contributed by atoms with Crippen molar-refractivity contribution >= 4 is 17.4 Å². The number of benzene rings is 3. The summed E-state index contributed by atoms with van der Waals surface area (Å²) in [5.41, 5.74) is 4.27. The van der Waals surface area contributed by atoms with Crippen molar-refractivity contribution in [2.24, 2.45) is 0 Å². The maximum Gasteiger partial charge on any atom is 0.273 e. The minimum atomic E-state index is -0.466. The van der Waals surface area contributed by atoms with Gasteiger partial charge >= 0.3 is 0 Å². The van der Waals surface area contributed by atoms with Crippen LogP contribution in [-0.2, 0) is 6.42 Å². The summed E-state index contributed by atoms with van der Waals surface area (Å²) in [6, 6.07) is 20.9. The quantitative estimate of drug-likeness (QED) is 0.249. The number of anilines is 1. The zero-order valence-corrected chi connectivity index (χ0v) is 21.8. The number of hydrogen-bond donors (Lipinski definition) is 0. The van der Waals surface area contributed by atoms with Gasteiger partial charge in [0.25, 0.3) is 11.6 Å². The largest absolute Gasteiger partial charge is 0.353 e. The highest BCUT2D eigenvalue weighted by atomic mass is 19.1. The molecule has 3 aromatic carbocycles. The third kappa shape index (κ3) is 5.62. The molecule has 2 heterocycles. The van der Waals surface area contributed by atoms with Gasteiger partial charge in [-0.1, -0.05) is 48.5 Å². The van der Waals surface area contributed by atoms with E-state index in [1.54, 1.807) is 36.1 Å². The summed E-state index contributed by atoms with van der Waals surface area (Å²) in [6.45, 7) is 5.52. The van der Waals surface area contributed by atoms with E-state index in [0.29, 0.717) is 55.1 Å². The Morgan fingerprint density at radius 3 is 2.38 bits per heavy atom. The summed E-state index contributed by atoms with van der Waals surface area (Å²) >= 11 is 0. The van der Waals surface area contributed by atoms with Gasteiger partial charge in [0.05, 0.1) is 4.92 Å². The number of aryl methyl sites for hydroxylation is 2. The molecule has 4 aromatic rings. The molecule has 1 aliphatic heterocycles. The van der Waals surface area contributed by atoms with Gasteiger partial charge < -0.3 is 9.80 Å². The number of rotatable bonds is 6. The number of nitro groups is 1. The van der Waals surface area contributed by atoms with Crippen molar-refractivity contribution < 1.29 is 14.1 Å². The van der Waals surface area contributed by atoms with Crippen LogP contribution in [-0.4, -0.2) is 51.9 Å². The maximum atomic E-state index is 14.0. The molecule has 0 saturated carbocycles. The predicted octanol–water partition coefficient (Wildman–Crippen LogP) is 5.36. The molecule has 0 aliphatic carbocycles. The molecule has 5 rings (SSSR count). The molecule has 0 bridgehead atoms. The molecule has 0 unspecified atom stereocenters. The van der Waals surface area contributed by atoms with Gasteiger partial charge in [-0.15, -0.1) is 0 Å². The first kappa shape index (κ1) is 26.0. The van der Waals surface area contributed by atoms with Crippen molar-refractivity contribution in [1.29, 1.82) is 0 Å². The minimum Gasteiger partial charge on any atom is -0.353 e. The number of nitrogens with zero attached hydrogens (tertiary/aromatic N) is 5. The van der Waals surface area contributed by atoms with E-state index < -0.39 is 4.92 Å². The van der Waals surface area contributed by atoms with Crippen LogP contribution in [0.3, 0.4) is 0 Å². The second-order valence-corrected chi connectivity index (χ2v) is 9.65. The van der Waals surface area contributed by atoms with E-state index in [2.05, 4.69) is 17.0 Å². The SMILES string of the molecule is Cc1ccc(C(=O)N2CCN(c3nc(-c4cccc(F)c4)nc(C)c3Cc3ccccc3)CC2)cc1[N+](=O)[O-]. The van der Waals surface area contributed by atoms with Crippen LogP contribution >= 0.6 is 0 Å². The van der Waals surface area contributed by atoms with Crippen molar-refractivity contribution in [2.75, 3.05) is 31.1 Å². The van der Waals surface area contributed by atoms with Crippen LogP contribution in [0.25, 0.3) is 11.4 Å². The van der Waals surface area contributed by atoms with Crippen LogP contribution in [0, 0.1) is 29.8 Å². The number of hydrogen-bond acceptors (Lipinski definition) is 6. The Balaban J connectivity index is 1.43. The van der Waals surface area contributed by atoms with E-state index >= 15 is 0 Å². The molecular weight excluding hydrogens is 497 g/mol. The first-order chi connectivity index (χ1) is 18.8. The topological polar surface area (TPSA) is 92.5 Å². The van der Waals surface area contributed by atoms with Gasteiger partial charge in [0.1, 0.15) is 11.6 Å². The molecular formula is C30H28FN5O3. The lowest BCUT2D eigenvalue weighted by atomic mass is 10.0.